The summed E-state index contributed by atoms with van der Waals surface area (Å²) in [6.45, 7) is 3.28. The van der Waals surface area contributed by atoms with E-state index in [1.807, 2.05) is 0 Å². The summed E-state index contributed by atoms with van der Waals surface area (Å²) >= 11 is 0. The maximum absolute atomic E-state index is 12.8. The van der Waals surface area contributed by atoms with E-state index in [0.29, 0.717) is 12.5 Å². The second-order valence-electron chi connectivity index (χ2n) is 5.08. The molecule has 1 fully saturated rings. The number of piperidine rings is 1. The molecule has 1 aliphatic heterocycles. The van der Waals surface area contributed by atoms with Gasteiger partial charge in [0.1, 0.15) is 5.82 Å². The fraction of sp³-hybridized carbons (Fsp3) is 0.571. The standard InChI is InChI=1S/C14H20FNO/c1-10-6-7-16-13(8-10)9-14(17)11-2-4-12(15)5-3-11/h2-5,10,13-14,16-17H,6-9H2,1H3. The number of aliphatic hydroxyl groups excluding tert-OH is 1. The van der Waals surface area contributed by atoms with Crippen LogP contribution < -0.4 is 5.32 Å². The summed E-state index contributed by atoms with van der Waals surface area (Å²) < 4.78 is 12.8. The lowest BCUT2D eigenvalue weighted by Crippen LogP contribution is -2.38. The number of hydrogen-bond donors (Lipinski definition) is 2. The molecular weight excluding hydrogens is 217 g/mol. The van der Waals surface area contributed by atoms with Crippen LogP contribution in [0.3, 0.4) is 0 Å². The number of nitrogens with one attached hydrogen (secondary N) is 1. The van der Waals surface area contributed by atoms with Gasteiger partial charge in [0, 0.05) is 6.04 Å². The van der Waals surface area contributed by atoms with Gasteiger partial charge in [0.25, 0.3) is 0 Å². The number of hydrogen-bond acceptors (Lipinski definition) is 2. The third-order valence-electron chi connectivity index (χ3n) is 3.52. The Morgan fingerprint density at radius 1 is 1.41 bits per heavy atom. The third kappa shape index (κ3) is 3.51. The molecule has 0 bridgehead atoms. The monoisotopic (exact) mass is 237 g/mol. The van der Waals surface area contributed by atoms with E-state index in [1.165, 1.54) is 18.6 Å². The van der Waals surface area contributed by atoms with Crippen molar-refractivity contribution in [3.63, 3.8) is 0 Å². The van der Waals surface area contributed by atoms with E-state index in [2.05, 4.69) is 12.2 Å². The minimum atomic E-state index is -0.501. The largest absolute Gasteiger partial charge is 0.388 e. The summed E-state index contributed by atoms with van der Waals surface area (Å²) in [6, 6.07) is 6.49. The molecule has 2 N–H and O–H groups in total. The van der Waals surface area contributed by atoms with Crippen molar-refractivity contribution in [2.24, 2.45) is 5.92 Å². The summed E-state index contributed by atoms with van der Waals surface area (Å²) in [4.78, 5) is 0. The summed E-state index contributed by atoms with van der Waals surface area (Å²) in [5, 5.41) is 13.5. The Bertz CT molecular complexity index is 352. The van der Waals surface area contributed by atoms with Crippen LogP contribution in [0.25, 0.3) is 0 Å². The van der Waals surface area contributed by atoms with E-state index in [1.54, 1.807) is 12.1 Å². The van der Waals surface area contributed by atoms with Crippen LogP contribution in [0.4, 0.5) is 4.39 Å². The minimum absolute atomic E-state index is 0.259. The predicted molar refractivity (Wildman–Crippen MR) is 66.2 cm³/mol. The molecule has 0 aromatic heterocycles. The van der Waals surface area contributed by atoms with E-state index in [-0.39, 0.29) is 5.82 Å². The van der Waals surface area contributed by atoms with Crippen LogP contribution in [-0.4, -0.2) is 17.7 Å². The summed E-state index contributed by atoms with van der Waals surface area (Å²) in [6.07, 6.45) is 2.52. The van der Waals surface area contributed by atoms with Crippen LogP contribution in [0.1, 0.15) is 37.9 Å². The summed E-state index contributed by atoms with van der Waals surface area (Å²) in [5.41, 5.74) is 0.798. The first-order valence-corrected chi connectivity index (χ1v) is 6.32. The van der Waals surface area contributed by atoms with E-state index in [0.717, 1.165) is 24.4 Å². The van der Waals surface area contributed by atoms with Crippen LogP contribution in [-0.2, 0) is 0 Å². The molecule has 0 aliphatic carbocycles. The zero-order valence-electron chi connectivity index (χ0n) is 10.2. The lowest BCUT2D eigenvalue weighted by atomic mass is 9.90. The molecule has 0 amide bonds. The van der Waals surface area contributed by atoms with Gasteiger partial charge in [-0.15, -0.1) is 0 Å². The average Bonchev–Trinajstić information content (AvgIpc) is 2.29. The van der Waals surface area contributed by atoms with Gasteiger partial charge in [-0.2, -0.15) is 0 Å². The van der Waals surface area contributed by atoms with Crippen LogP contribution in [0.5, 0.6) is 0 Å². The fourth-order valence-corrected chi connectivity index (χ4v) is 2.49. The highest BCUT2D eigenvalue weighted by atomic mass is 19.1. The second kappa shape index (κ2) is 5.61. The maximum Gasteiger partial charge on any atom is 0.123 e. The molecule has 0 radical (unpaired) electrons. The lowest BCUT2D eigenvalue weighted by molar-refractivity contribution is 0.138. The number of rotatable bonds is 3. The maximum atomic E-state index is 12.8. The molecule has 1 aromatic rings. The van der Waals surface area contributed by atoms with Crippen LogP contribution >= 0.6 is 0 Å². The lowest BCUT2D eigenvalue weighted by Gasteiger charge is -2.29. The topological polar surface area (TPSA) is 32.3 Å². The van der Waals surface area contributed by atoms with Crippen molar-refractivity contribution in [1.29, 1.82) is 0 Å². The number of aliphatic hydroxyl groups is 1. The molecule has 17 heavy (non-hydrogen) atoms. The fourth-order valence-electron chi connectivity index (χ4n) is 2.49. The highest BCUT2D eigenvalue weighted by Gasteiger charge is 2.21. The van der Waals surface area contributed by atoms with Gasteiger partial charge in [-0.05, 0) is 49.4 Å². The van der Waals surface area contributed by atoms with Gasteiger partial charge in [0.2, 0.25) is 0 Å². The van der Waals surface area contributed by atoms with Crippen molar-refractivity contribution in [2.45, 2.75) is 38.3 Å². The Balaban J connectivity index is 1.91. The first-order valence-electron chi connectivity index (χ1n) is 6.32. The Kier molecular flexibility index (Phi) is 4.13. The molecule has 1 saturated heterocycles. The zero-order chi connectivity index (χ0) is 12.3. The predicted octanol–water partition coefficient (Wildman–Crippen LogP) is 2.64. The van der Waals surface area contributed by atoms with Crippen LogP contribution in [0, 0.1) is 11.7 Å². The summed E-state index contributed by atoms with van der Waals surface area (Å²) in [5.74, 6) is 0.465. The van der Waals surface area contributed by atoms with Gasteiger partial charge in [0.05, 0.1) is 6.10 Å². The highest BCUT2D eigenvalue weighted by Crippen LogP contribution is 2.24. The molecule has 94 valence electrons. The molecule has 2 rings (SSSR count). The first-order chi connectivity index (χ1) is 8.15. The normalized spacial score (nSPS) is 26.8. The van der Waals surface area contributed by atoms with Crippen molar-refractivity contribution in [3.05, 3.63) is 35.6 Å². The van der Waals surface area contributed by atoms with E-state index < -0.39 is 6.10 Å². The molecule has 1 heterocycles. The quantitative estimate of drug-likeness (QED) is 0.847. The minimum Gasteiger partial charge on any atom is -0.388 e. The Labute approximate surface area is 102 Å². The smallest absolute Gasteiger partial charge is 0.123 e. The number of halogens is 1. The van der Waals surface area contributed by atoms with E-state index in [9.17, 15) is 9.50 Å². The van der Waals surface area contributed by atoms with Crippen molar-refractivity contribution in [1.82, 2.24) is 5.32 Å². The van der Waals surface area contributed by atoms with Gasteiger partial charge < -0.3 is 10.4 Å². The molecular formula is C14H20FNO. The Morgan fingerprint density at radius 3 is 2.76 bits per heavy atom. The zero-order valence-corrected chi connectivity index (χ0v) is 10.2. The van der Waals surface area contributed by atoms with Gasteiger partial charge in [-0.1, -0.05) is 19.1 Å². The van der Waals surface area contributed by atoms with Crippen molar-refractivity contribution in [3.8, 4) is 0 Å². The van der Waals surface area contributed by atoms with Gasteiger partial charge >= 0.3 is 0 Å². The first kappa shape index (κ1) is 12.5. The Hall–Kier alpha value is -0.930. The van der Waals surface area contributed by atoms with Gasteiger partial charge in [-0.3, -0.25) is 0 Å². The molecule has 2 nitrogen and oxygen atoms in total. The summed E-state index contributed by atoms with van der Waals surface area (Å²) in [7, 11) is 0. The molecule has 3 atom stereocenters. The SMILES string of the molecule is CC1CCNC(CC(O)c2ccc(F)cc2)C1. The van der Waals surface area contributed by atoms with Crippen molar-refractivity contribution >= 4 is 0 Å². The highest BCUT2D eigenvalue weighted by molar-refractivity contribution is 5.18. The van der Waals surface area contributed by atoms with Gasteiger partial charge in [0.15, 0.2) is 0 Å². The third-order valence-corrected chi connectivity index (χ3v) is 3.52. The van der Waals surface area contributed by atoms with Crippen molar-refractivity contribution < 1.29 is 9.50 Å². The van der Waals surface area contributed by atoms with E-state index in [4.69, 9.17) is 0 Å². The average molecular weight is 237 g/mol. The van der Waals surface area contributed by atoms with E-state index >= 15 is 0 Å². The van der Waals surface area contributed by atoms with Crippen LogP contribution in [0.2, 0.25) is 0 Å². The second-order valence-corrected chi connectivity index (χ2v) is 5.08. The Morgan fingerprint density at radius 2 is 2.12 bits per heavy atom. The van der Waals surface area contributed by atoms with Gasteiger partial charge in [-0.25, -0.2) is 4.39 Å². The molecule has 3 unspecified atom stereocenters. The molecule has 1 aliphatic rings. The molecule has 0 saturated carbocycles. The molecule has 3 heteroatoms. The van der Waals surface area contributed by atoms with Crippen molar-refractivity contribution in [2.75, 3.05) is 6.54 Å². The molecule has 1 aromatic carbocycles. The number of benzene rings is 1. The molecule has 0 spiro atoms. The van der Waals surface area contributed by atoms with Crippen LogP contribution in [0.15, 0.2) is 24.3 Å².